The molecule has 0 saturated heterocycles. The summed E-state index contributed by atoms with van der Waals surface area (Å²) in [5, 5.41) is 8.72. The van der Waals surface area contributed by atoms with Gasteiger partial charge in [0, 0.05) is 18.8 Å². The number of aryl methyl sites for hydroxylation is 1. The van der Waals surface area contributed by atoms with Gasteiger partial charge in [0.1, 0.15) is 11.6 Å². The number of hydrogen-bond acceptors (Lipinski definition) is 3. The first-order valence-electron chi connectivity index (χ1n) is 7.99. The van der Waals surface area contributed by atoms with Gasteiger partial charge in [0.05, 0.1) is 6.61 Å². The van der Waals surface area contributed by atoms with Crippen LogP contribution >= 0.6 is 11.6 Å². The van der Waals surface area contributed by atoms with Gasteiger partial charge in [0.2, 0.25) is 5.91 Å². The van der Waals surface area contributed by atoms with Gasteiger partial charge in [-0.1, -0.05) is 6.42 Å². The van der Waals surface area contributed by atoms with Crippen molar-refractivity contribution in [2.24, 2.45) is 0 Å². The van der Waals surface area contributed by atoms with E-state index in [0.717, 1.165) is 62.1 Å². The summed E-state index contributed by atoms with van der Waals surface area (Å²) in [7, 11) is 0. The lowest BCUT2D eigenvalue weighted by atomic mass is 10.0. The zero-order valence-electron chi connectivity index (χ0n) is 12.9. The molecule has 1 N–H and O–H groups in total. The molecule has 0 aliphatic carbocycles. The van der Waals surface area contributed by atoms with E-state index in [4.69, 9.17) is 21.4 Å². The molecule has 2 rings (SSSR count). The second kappa shape index (κ2) is 9.01. The number of benzene rings is 1. The predicted molar refractivity (Wildman–Crippen MR) is 88.9 cm³/mol. The quantitative estimate of drug-likeness (QED) is 0.590. The van der Waals surface area contributed by atoms with E-state index in [1.165, 1.54) is 0 Å². The van der Waals surface area contributed by atoms with Gasteiger partial charge in [0.15, 0.2) is 0 Å². The molecule has 5 heteroatoms. The number of anilines is 1. The van der Waals surface area contributed by atoms with Crippen molar-refractivity contribution in [3.8, 4) is 5.75 Å². The number of halogens is 1. The summed E-state index contributed by atoms with van der Waals surface area (Å²) in [6.07, 6.45) is 5.90. The lowest BCUT2D eigenvalue weighted by Gasteiger charge is -2.29. The summed E-state index contributed by atoms with van der Waals surface area (Å²) in [5.74, 6) is 0.840. The fraction of sp³-hybridized carbons (Fsp3) is 0.588. The maximum atomic E-state index is 11.9. The maximum Gasteiger partial charge on any atom is 0.241 e. The molecule has 22 heavy (non-hydrogen) atoms. The lowest BCUT2D eigenvalue weighted by Crippen LogP contribution is -2.36. The number of rotatable bonds is 8. The Morgan fingerprint density at radius 2 is 2.09 bits per heavy atom. The molecule has 1 amide bonds. The first-order valence-corrected chi connectivity index (χ1v) is 8.52. The standard InChI is InChI=1S/C17H24ClNO3/c18-13-17(21)19-9-5-6-14-12-15(7-8-16(14)19)22-11-4-2-1-3-10-20/h7-8,12,20H,1-6,9-11,13H2. The smallest absolute Gasteiger partial charge is 0.241 e. The molecular weight excluding hydrogens is 302 g/mol. The number of ether oxygens (including phenoxy) is 1. The van der Waals surface area contributed by atoms with Gasteiger partial charge in [-0.3, -0.25) is 4.79 Å². The number of alkyl halides is 1. The Kier molecular flexibility index (Phi) is 7.00. The minimum atomic E-state index is -0.0415. The molecule has 0 atom stereocenters. The van der Waals surface area contributed by atoms with Gasteiger partial charge >= 0.3 is 0 Å². The van der Waals surface area contributed by atoms with E-state index in [1.807, 2.05) is 18.2 Å². The largest absolute Gasteiger partial charge is 0.494 e. The van der Waals surface area contributed by atoms with E-state index < -0.39 is 0 Å². The van der Waals surface area contributed by atoms with Crippen LogP contribution in [0.25, 0.3) is 0 Å². The van der Waals surface area contributed by atoms with E-state index in [9.17, 15) is 4.79 Å². The number of carbonyl (C=O) groups excluding carboxylic acids is 1. The number of aliphatic hydroxyl groups excluding tert-OH is 1. The summed E-state index contributed by atoms with van der Waals surface area (Å²) in [5.41, 5.74) is 2.12. The highest BCUT2D eigenvalue weighted by Gasteiger charge is 2.22. The van der Waals surface area contributed by atoms with E-state index in [2.05, 4.69) is 0 Å². The van der Waals surface area contributed by atoms with Crippen molar-refractivity contribution < 1.29 is 14.6 Å². The zero-order valence-corrected chi connectivity index (χ0v) is 13.6. The summed E-state index contributed by atoms with van der Waals surface area (Å²) in [6, 6.07) is 5.92. The van der Waals surface area contributed by atoms with Crippen molar-refractivity contribution in [3.63, 3.8) is 0 Å². The van der Waals surface area contributed by atoms with Crippen LogP contribution in [-0.4, -0.2) is 36.7 Å². The fourth-order valence-electron chi connectivity index (χ4n) is 2.75. The Balaban J connectivity index is 1.89. The van der Waals surface area contributed by atoms with Crippen LogP contribution in [0.15, 0.2) is 18.2 Å². The van der Waals surface area contributed by atoms with Crippen LogP contribution in [0, 0.1) is 0 Å². The van der Waals surface area contributed by atoms with Gasteiger partial charge in [-0.15, -0.1) is 11.6 Å². The van der Waals surface area contributed by atoms with Crippen molar-refractivity contribution >= 4 is 23.2 Å². The summed E-state index contributed by atoms with van der Waals surface area (Å²) in [4.78, 5) is 13.6. The van der Waals surface area contributed by atoms with E-state index >= 15 is 0 Å². The molecule has 1 aromatic carbocycles. The van der Waals surface area contributed by atoms with Crippen LogP contribution in [0.5, 0.6) is 5.75 Å². The highest BCUT2D eigenvalue weighted by Crippen LogP contribution is 2.30. The molecule has 0 radical (unpaired) electrons. The Bertz CT molecular complexity index is 493. The topological polar surface area (TPSA) is 49.8 Å². The monoisotopic (exact) mass is 325 g/mol. The Labute approximate surface area is 137 Å². The summed E-state index contributed by atoms with van der Waals surface area (Å²) >= 11 is 5.67. The summed E-state index contributed by atoms with van der Waals surface area (Å²) in [6.45, 7) is 1.70. The van der Waals surface area contributed by atoms with Gasteiger partial charge in [0.25, 0.3) is 0 Å². The first kappa shape index (κ1) is 17.1. The van der Waals surface area contributed by atoms with Gasteiger partial charge < -0.3 is 14.7 Å². The maximum absolute atomic E-state index is 11.9. The Hall–Kier alpha value is -1.26. The minimum Gasteiger partial charge on any atom is -0.494 e. The molecule has 4 nitrogen and oxygen atoms in total. The first-order chi connectivity index (χ1) is 10.8. The highest BCUT2D eigenvalue weighted by atomic mass is 35.5. The second-order valence-electron chi connectivity index (χ2n) is 5.56. The van der Waals surface area contributed by atoms with Gasteiger partial charge in [-0.2, -0.15) is 0 Å². The molecule has 0 aromatic heterocycles. The molecule has 1 aliphatic heterocycles. The number of amides is 1. The van der Waals surface area contributed by atoms with E-state index in [-0.39, 0.29) is 18.4 Å². The third-order valence-corrected chi connectivity index (χ3v) is 4.13. The molecule has 122 valence electrons. The number of nitrogens with zero attached hydrogens (tertiary/aromatic N) is 1. The Morgan fingerprint density at radius 1 is 1.27 bits per heavy atom. The summed E-state index contributed by atoms with van der Waals surface area (Å²) < 4.78 is 5.78. The SMILES string of the molecule is O=C(CCl)N1CCCc2cc(OCCCCCCO)ccc21. The molecule has 0 bridgehead atoms. The molecule has 0 unspecified atom stereocenters. The second-order valence-corrected chi connectivity index (χ2v) is 5.83. The third-order valence-electron chi connectivity index (χ3n) is 3.91. The van der Waals surface area contributed by atoms with Crippen molar-refractivity contribution in [1.29, 1.82) is 0 Å². The normalized spacial score (nSPS) is 13.8. The van der Waals surface area contributed by atoms with Crippen molar-refractivity contribution in [1.82, 2.24) is 0 Å². The fourth-order valence-corrected chi connectivity index (χ4v) is 2.90. The number of hydrogen-bond donors (Lipinski definition) is 1. The van der Waals surface area contributed by atoms with Crippen LogP contribution in [0.3, 0.4) is 0 Å². The number of unbranched alkanes of at least 4 members (excludes halogenated alkanes) is 3. The number of carbonyl (C=O) groups is 1. The predicted octanol–water partition coefficient (Wildman–Crippen LogP) is 3.14. The van der Waals surface area contributed by atoms with Crippen molar-refractivity contribution in [3.05, 3.63) is 23.8 Å². The molecule has 1 aliphatic rings. The van der Waals surface area contributed by atoms with Crippen molar-refractivity contribution in [2.45, 2.75) is 38.5 Å². The number of fused-ring (bicyclic) bond motifs is 1. The average molecular weight is 326 g/mol. The molecule has 0 fully saturated rings. The van der Waals surface area contributed by atoms with Crippen LogP contribution < -0.4 is 9.64 Å². The van der Waals surface area contributed by atoms with E-state index in [1.54, 1.807) is 4.90 Å². The van der Waals surface area contributed by atoms with Gasteiger partial charge in [-0.25, -0.2) is 0 Å². The number of aliphatic hydroxyl groups is 1. The van der Waals surface area contributed by atoms with Crippen LogP contribution in [0.1, 0.15) is 37.7 Å². The van der Waals surface area contributed by atoms with Crippen LogP contribution in [0.4, 0.5) is 5.69 Å². The minimum absolute atomic E-state index is 0.0194. The van der Waals surface area contributed by atoms with E-state index in [0.29, 0.717) is 6.61 Å². The average Bonchev–Trinajstić information content (AvgIpc) is 2.56. The molecule has 0 spiro atoms. The van der Waals surface area contributed by atoms with Crippen LogP contribution in [-0.2, 0) is 11.2 Å². The Morgan fingerprint density at radius 3 is 2.86 bits per heavy atom. The lowest BCUT2D eigenvalue weighted by molar-refractivity contribution is -0.116. The van der Waals surface area contributed by atoms with Crippen molar-refractivity contribution in [2.75, 3.05) is 30.5 Å². The van der Waals surface area contributed by atoms with Crippen LogP contribution in [0.2, 0.25) is 0 Å². The molecular formula is C17H24ClNO3. The molecule has 1 aromatic rings. The third kappa shape index (κ3) is 4.62. The van der Waals surface area contributed by atoms with Gasteiger partial charge in [-0.05, 0) is 55.9 Å². The molecule has 0 saturated carbocycles. The highest BCUT2D eigenvalue weighted by molar-refractivity contribution is 6.29. The zero-order chi connectivity index (χ0) is 15.8. The molecule has 1 heterocycles.